The van der Waals surface area contributed by atoms with Crippen LogP contribution in [0.25, 0.3) is 0 Å². The van der Waals surface area contributed by atoms with Crippen molar-refractivity contribution in [2.75, 3.05) is 33.3 Å². The highest BCUT2D eigenvalue weighted by molar-refractivity contribution is 5.95. The molecule has 2 aromatic rings. The third-order valence-corrected chi connectivity index (χ3v) is 4.74. The smallest absolute Gasteiger partial charge is 0.289 e. The number of amides is 2. The predicted molar refractivity (Wildman–Crippen MR) is 97.4 cm³/mol. The van der Waals surface area contributed by atoms with Crippen LogP contribution in [0.3, 0.4) is 0 Å². The van der Waals surface area contributed by atoms with Crippen LogP contribution in [-0.4, -0.2) is 64.5 Å². The molecule has 1 saturated heterocycles. The summed E-state index contributed by atoms with van der Waals surface area (Å²) in [6.45, 7) is 4.19. The van der Waals surface area contributed by atoms with Gasteiger partial charge in [-0.05, 0) is 31.0 Å². The van der Waals surface area contributed by atoms with E-state index in [-0.39, 0.29) is 11.8 Å². The van der Waals surface area contributed by atoms with Crippen molar-refractivity contribution in [1.29, 1.82) is 0 Å². The highest BCUT2D eigenvalue weighted by atomic mass is 16.5. The Labute approximate surface area is 153 Å². The highest BCUT2D eigenvalue weighted by Crippen LogP contribution is 2.20. The first-order valence-electron chi connectivity index (χ1n) is 8.71. The number of carbonyl (C=O) groups excluding carboxylic acids is 2. The number of carbonyl (C=O) groups is 2. The van der Waals surface area contributed by atoms with Crippen molar-refractivity contribution < 1.29 is 14.3 Å². The summed E-state index contributed by atoms with van der Waals surface area (Å²) in [6, 6.07) is 5.49. The number of rotatable bonds is 3. The van der Waals surface area contributed by atoms with Gasteiger partial charge in [0.2, 0.25) is 0 Å². The number of hydrogen-bond acceptors (Lipinski definition) is 4. The maximum atomic E-state index is 12.8. The summed E-state index contributed by atoms with van der Waals surface area (Å²) in [6.07, 6.45) is 4.11. The first-order valence-corrected chi connectivity index (χ1v) is 8.71. The summed E-state index contributed by atoms with van der Waals surface area (Å²) in [5.41, 5.74) is 1.60. The minimum atomic E-state index is -0.0937. The molecule has 0 spiro atoms. The Morgan fingerprint density at radius 2 is 1.77 bits per heavy atom. The van der Waals surface area contributed by atoms with Crippen molar-refractivity contribution in [3.05, 3.63) is 47.5 Å². The standard InChI is InChI=1S/C19H24N4O3/c1-14-5-6-15(13-16(14)26-3)18(24)22-8-4-9-23(12-11-22)19(25)17-20-7-10-21(17)2/h5-7,10,13H,4,8-9,11-12H2,1-3H3. The van der Waals surface area contributed by atoms with Crippen LogP contribution < -0.4 is 4.74 Å². The first-order chi connectivity index (χ1) is 12.5. The van der Waals surface area contributed by atoms with Crippen LogP contribution in [0.2, 0.25) is 0 Å². The minimum Gasteiger partial charge on any atom is -0.496 e. The topological polar surface area (TPSA) is 67.7 Å². The van der Waals surface area contributed by atoms with E-state index in [9.17, 15) is 9.59 Å². The van der Waals surface area contributed by atoms with E-state index in [1.54, 1.807) is 47.0 Å². The molecule has 1 aromatic heterocycles. The number of aryl methyl sites for hydroxylation is 2. The second-order valence-corrected chi connectivity index (χ2v) is 6.48. The lowest BCUT2D eigenvalue weighted by Gasteiger charge is -2.22. The quantitative estimate of drug-likeness (QED) is 0.840. The van der Waals surface area contributed by atoms with E-state index < -0.39 is 0 Å². The molecule has 0 unspecified atom stereocenters. The van der Waals surface area contributed by atoms with Gasteiger partial charge in [0.15, 0.2) is 5.82 Å². The largest absolute Gasteiger partial charge is 0.496 e. The van der Waals surface area contributed by atoms with Crippen LogP contribution in [0.4, 0.5) is 0 Å². The fourth-order valence-electron chi connectivity index (χ4n) is 3.17. The maximum Gasteiger partial charge on any atom is 0.289 e. The predicted octanol–water partition coefficient (Wildman–Crippen LogP) is 1.73. The molecule has 7 nitrogen and oxygen atoms in total. The van der Waals surface area contributed by atoms with E-state index in [1.807, 2.05) is 19.1 Å². The van der Waals surface area contributed by atoms with Gasteiger partial charge in [-0.1, -0.05) is 6.07 Å². The summed E-state index contributed by atoms with van der Waals surface area (Å²) < 4.78 is 7.03. The number of methoxy groups -OCH3 is 1. The van der Waals surface area contributed by atoms with Crippen LogP contribution in [0.5, 0.6) is 5.75 Å². The Hall–Kier alpha value is -2.83. The SMILES string of the molecule is COc1cc(C(=O)N2CCCN(C(=O)c3nccn3C)CC2)ccc1C. The Morgan fingerprint density at radius 3 is 2.38 bits per heavy atom. The van der Waals surface area contributed by atoms with Crippen LogP contribution in [0.15, 0.2) is 30.6 Å². The van der Waals surface area contributed by atoms with E-state index in [0.29, 0.717) is 43.3 Å². The van der Waals surface area contributed by atoms with Crippen LogP contribution in [-0.2, 0) is 7.05 Å². The third kappa shape index (κ3) is 3.56. The number of aromatic nitrogens is 2. The molecule has 1 aliphatic rings. The summed E-state index contributed by atoms with van der Waals surface area (Å²) in [5.74, 6) is 1.00. The molecule has 138 valence electrons. The number of benzene rings is 1. The van der Waals surface area contributed by atoms with Gasteiger partial charge < -0.3 is 19.1 Å². The fraction of sp³-hybridized carbons (Fsp3) is 0.421. The zero-order chi connectivity index (χ0) is 18.7. The zero-order valence-electron chi connectivity index (χ0n) is 15.4. The van der Waals surface area contributed by atoms with E-state index >= 15 is 0 Å². The van der Waals surface area contributed by atoms with Crippen molar-refractivity contribution >= 4 is 11.8 Å². The van der Waals surface area contributed by atoms with Gasteiger partial charge in [0.05, 0.1) is 7.11 Å². The average Bonchev–Trinajstić information content (AvgIpc) is 2.92. The van der Waals surface area contributed by atoms with Gasteiger partial charge in [-0.2, -0.15) is 0 Å². The molecule has 2 amide bonds. The van der Waals surface area contributed by atoms with E-state index in [2.05, 4.69) is 4.98 Å². The second kappa shape index (κ2) is 7.59. The molecule has 2 heterocycles. The van der Waals surface area contributed by atoms with Crippen LogP contribution >= 0.6 is 0 Å². The zero-order valence-corrected chi connectivity index (χ0v) is 15.4. The molecule has 3 rings (SSSR count). The maximum absolute atomic E-state index is 12.8. The molecule has 26 heavy (non-hydrogen) atoms. The Balaban J connectivity index is 1.69. The molecule has 1 aromatic carbocycles. The first kappa shape index (κ1) is 18.0. The Bertz CT molecular complexity index is 815. The second-order valence-electron chi connectivity index (χ2n) is 6.48. The molecule has 1 aliphatic heterocycles. The third-order valence-electron chi connectivity index (χ3n) is 4.74. The lowest BCUT2D eigenvalue weighted by atomic mass is 10.1. The fourth-order valence-corrected chi connectivity index (χ4v) is 3.17. The van der Waals surface area contributed by atoms with E-state index in [0.717, 1.165) is 12.0 Å². The average molecular weight is 356 g/mol. The molecule has 0 atom stereocenters. The number of nitrogens with zero attached hydrogens (tertiary/aromatic N) is 4. The number of ether oxygens (including phenoxy) is 1. The van der Waals surface area contributed by atoms with Crippen molar-refractivity contribution in [3.8, 4) is 5.75 Å². The Kier molecular flexibility index (Phi) is 5.25. The molecule has 0 aliphatic carbocycles. The van der Waals surface area contributed by atoms with E-state index in [1.165, 1.54) is 0 Å². The lowest BCUT2D eigenvalue weighted by molar-refractivity contribution is 0.0710. The molecule has 7 heteroatoms. The molecular weight excluding hydrogens is 332 g/mol. The minimum absolute atomic E-state index is 0.0328. The summed E-state index contributed by atoms with van der Waals surface area (Å²) in [4.78, 5) is 33.2. The molecular formula is C19H24N4O3. The van der Waals surface area contributed by atoms with Crippen molar-refractivity contribution in [2.45, 2.75) is 13.3 Å². The molecule has 1 fully saturated rings. The van der Waals surface area contributed by atoms with Gasteiger partial charge >= 0.3 is 0 Å². The number of hydrogen-bond donors (Lipinski definition) is 0. The van der Waals surface area contributed by atoms with Gasteiger partial charge in [-0.3, -0.25) is 9.59 Å². The molecule has 0 saturated carbocycles. The highest BCUT2D eigenvalue weighted by Gasteiger charge is 2.25. The van der Waals surface area contributed by atoms with Crippen LogP contribution in [0, 0.1) is 6.92 Å². The Morgan fingerprint density at radius 1 is 1.08 bits per heavy atom. The van der Waals surface area contributed by atoms with E-state index in [4.69, 9.17) is 4.74 Å². The van der Waals surface area contributed by atoms with Crippen molar-refractivity contribution in [3.63, 3.8) is 0 Å². The monoisotopic (exact) mass is 356 g/mol. The molecule has 0 radical (unpaired) electrons. The summed E-state index contributed by atoms with van der Waals surface area (Å²) in [7, 11) is 3.41. The van der Waals surface area contributed by atoms with Crippen molar-refractivity contribution in [2.24, 2.45) is 7.05 Å². The number of imidazole rings is 1. The summed E-state index contributed by atoms with van der Waals surface area (Å²) >= 11 is 0. The molecule has 0 N–H and O–H groups in total. The van der Waals surface area contributed by atoms with Gasteiger partial charge in [0, 0.05) is 51.2 Å². The normalized spacial score (nSPS) is 14.9. The molecule has 0 bridgehead atoms. The lowest BCUT2D eigenvalue weighted by Crippen LogP contribution is -2.38. The van der Waals surface area contributed by atoms with Gasteiger partial charge in [0.25, 0.3) is 11.8 Å². The van der Waals surface area contributed by atoms with Gasteiger partial charge in [-0.25, -0.2) is 4.98 Å². The van der Waals surface area contributed by atoms with Crippen LogP contribution in [0.1, 0.15) is 33.0 Å². The van der Waals surface area contributed by atoms with Crippen molar-refractivity contribution in [1.82, 2.24) is 19.4 Å². The van der Waals surface area contributed by atoms with Gasteiger partial charge in [0.1, 0.15) is 5.75 Å². The van der Waals surface area contributed by atoms with Gasteiger partial charge in [-0.15, -0.1) is 0 Å². The summed E-state index contributed by atoms with van der Waals surface area (Å²) in [5, 5.41) is 0.